The van der Waals surface area contributed by atoms with Crippen LogP contribution < -0.4 is 19.7 Å². The second-order valence-corrected chi connectivity index (χ2v) is 10.3. The van der Waals surface area contributed by atoms with Crippen molar-refractivity contribution in [2.24, 2.45) is 0 Å². The molecule has 7 nitrogen and oxygen atoms in total. The summed E-state index contributed by atoms with van der Waals surface area (Å²) in [6.45, 7) is -0.207. The van der Waals surface area contributed by atoms with Gasteiger partial charge in [-0.05, 0) is 48.0 Å². The molecule has 36 heavy (non-hydrogen) atoms. The Kier molecular flexibility index (Phi) is 6.99. The molecule has 0 unspecified atom stereocenters. The fourth-order valence-electron chi connectivity index (χ4n) is 3.54. The summed E-state index contributed by atoms with van der Waals surface area (Å²) in [4.78, 5) is 31.8. The van der Waals surface area contributed by atoms with Gasteiger partial charge in [-0.25, -0.2) is 4.98 Å². The number of amides is 2. The number of methoxy groups -OCH3 is 1. The normalized spacial score (nSPS) is 14.5. The molecule has 4 aromatic rings. The molecule has 1 aliphatic rings. The first-order chi connectivity index (χ1) is 17.5. The molecule has 1 fully saturated rings. The van der Waals surface area contributed by atoms with Crippen molar-refractivity contribution in [3.63, 3.8) is 0 Å². The lowest BCUT2D eigenvalue weighted by Gasteiger charge is -2.13. The van der Waals surface area contributed by atoms with Crippen LogP contribution in [0.1, 0.15) is 5.56 Å². The van der Waals surface area contributed by atoms with Crippen LogP contribution in [0, 0.1) is 0 Å². The highest BCUT2D eigenvalue weighted by atomic mass is 32.2. The van der Waals surface area contributed by atoms with Crippen LogP contribution in [0.3, 0.4) is 0 Å². The number of benzene rings is 3. The summed E-state index contributed by atoms with van der Waals surface area (Å²) in [7, 11) is 1.52. The number of thioether (sulfide) groups is 1. The second kappa shape index (κ2) is 10.5. The Morgan fingerprint density at radius 2 is 1.86 bits per heavy atom. The minimum Gasteiger partial charge on any atom is -0.493 e. The Balaban J connectivity index is 1.26. The van der Waals surface area contributed by atoms with E-state index in [0.29, 0.717) is 25.9 Å². The molecule has 10 heteroatoms. The predicted octanol–water partition coefficient (Wildman–Crippen LogP) is 5.73. The van der Waals surface area contributed by atoms with Gasteiger partial charge in [0.2, 0.25) is 0 Å². The minimum atomic E-state index is -0.329. The maximum Gasteiger partial charge on any atom is 0.270 e. The smallest absolute Gasteiger partial charge is 0.270 e. The van der Waals surface area contributed by atoms with Crippen molar-refractivity contribution < 1.29 is 19.1 Å². The molecule has 1 saturated heterocycles. The average Bonchev–Trinajstić information content (AvgIpc) is 3.42. The quantitative estimate of drug-likeness (QED) is 0.240. The van der Waals surface area contributed by atoms with Gasteiger partial charge in [0.15, 0.2) is 27.6 Å². The number of thiazole rings is 1. The van der Waals surface area contributed by atoms with E-state index in [2.05, 4.69) is 10.3 Å². The summed E-state index contributed by atoms with van der Waals surface area (Å²) in [6.07, 6.45) is 1.76. The molecule has 0 aliphatic carbocycles. The summed E-state index contributed by atoms with van der Waals surface area (Å²) in [5.41, 5.74) is 2.30. The lowest BCUT2D eigenvalue weighted by Crippen LogP contribution is -2.27. The summed E-state index contributed by atoms with van der Waals surface area (Å²) in [6, 6.07) is 22.2. The van der Waals surface area contributed by atoms with Crippen LogP contribution in [-0.4, -0.2) is 34.8 Å². The molecule has 0 bridgehead atoms. The lowest BCUT2D eigenvalue weighted by molar-refractivity contribution is -0.118. The number of para-hydroxylation sites is 2. The molecule has 0 atom stereocenters. The molecule has 1 N–H and O–H groups in total. The molecular formula is C26H19N3O4S3. The third-order valence-corrected chi connectivity index (χ3v) is 7.45. The van der Waals surface area contributed by atoms with Gasteiger partial charge < -0.3 is 9.47 Å². The van der Waals surface area contributed by atoms with E-state index in [1.165, 1.54) is 35.1 Å². The number of hydrogen-bond donors (Lipinski definition) is 1. The molecule has 5 rings (SSSR count). The van der Waals surface area contributed by atoms with Crippen molar-refractivity contribution in [1.29, 1.82) is 0 Å². The molecule has 3 aromatic carbocycles. The van der Waals surface area contributed by atoms with Gasteiger partial charge >= 0.3 is 0 Å². The molecule has 1 aliphatic heterocycles. The number of ether oxygens (including phenoxy) is 2. The molecule has 0 spiro atoms. The first-order valence-electron chi connectivity index (χ1n) is 10.8. The highest BCUT2D eigenvalue weighted by molar-refractivity contribution is 8.27. The molecule has 0 saturated carbocycles. The van der Waals surface area contributed by atoms with E-state index in [0.717, 1.165) is 21.5 Å². The fraction of sp³-hybridized carbons (Fsp3) is 0.0769. The standard InChI is InChI=1S/C26H19N3O4S3/c1-32-20-13-16(14-22-24(31)29(26(34)36-22)17-7-3-2-4-8-17)11-12-19(20)33-15-23(30)28-25-27-18-9-5-6-10-21(18)35-25/h2-14H,15H2,1H3,(H,27,28,30)/b22-14-. The third kappa shape index (κ3) is 5.11. The summed E-state index contributed by atoms with van der Waals surface area (Å²) >= 11 is 8.07. The van der Waals surface area contributed by atoms with E-state index in [4.69, 9.17) is 21.7 Å². The number of nitrogens with one attached hydrogen (secondary N) is 1. The highest BCUT2D eigenvalue weighted by Crippen LogP contribution is 2.37. The van der Waals surface area contributed by atoms with Crippen LogP contribution in [0.5, 0.6) is 11.5 Å². The van der Waals surface area contributed by atoms with E-state index in [1.807, 2.05) is 54.6 Å². The maximum atomic E-state index is 13.0. The largest absolute Gasteiger partial charge is 0.493 e. The Morgan fingerprint density at radius 1 is 1.08 bits per heavy atom. The number of carbonyl (C=O) groups excluding carboxylic acids is 2. The molecular weight excluding hydrogens is 515 g/mol. The molecule has 2 amide bonds. The number of thiocarbonyl (C=S) groups is 1. The van der Waals surface area contributed by atoms with E-state index in [9.17, 15) is 9.59 Å². The Morgan fingerprint density at radius 3 is 2.64 bits per heavy atom. The van der Waals surface area contributed by atoms with E-state index in [1.54, 1.807) is 24.3 Å². The lowest BCUT2D eigenvalue weighted by atomic mass is 10.2. The summed E-state index contributed by atoms with van der Waals surface area (Å²) < 4.78 is 12.6. The van der Waals surface area contributed by atoms with Gasteiger partial charge in [0.1, 0.15) is 0 Å². The monoisotopic (exact) mass is 533 g/mol. The first kappa shape index (κ1) is 24.0. The number of carbonyl (C=O) groups is 2. The van der Waals surface area contributed by atoms with Crippen LogP contribution >= 0.6 is 35.3 Å². The van der Waals surface area contributed by atoms with E-state index >= 15 is 0 Å². The molecule has 180 valence electrons. The first-order valence-corrected chi connectivity index (χ1v) is 12.9. The Bertz CT molecular complexity index is 1470. The number of aromatic nitrogens is 1. The zero-order valence-corrected chi connectivity index (χ0v) is 21.4. The predicted molar refractivity (Wildman–Crippen MR) is 149 cm³/mol. The van der Waals surface area contributed by atoms with Crippen LogP contribution in [0.2, 0.25) is 0 Å². The van der Waals surface area contributed by atoms with Crippen molar-refractivity contribution in [1.82, 2.24) is 4.98 Å². The van der Waals surface area contributed by atoms with Crippen molar-refractivity contribution in [2.45, 2.75) is 0 Å². The van der Waals surface area contributed by atoms with Crippen molar-refractivity contribution >= 4 is 78.6 Å². The zero-order chi connectivity index (χ0) is 25.1. The minimum absolute atomic E-state index is 0.179. The number of anilines is 2. The van der Waals surface area contributed by atoms with Gasteiger partial charge in [-0.15, -0.1) is 0 Å². The maximum absolute atomic E-state index is 13.0. The summed E-state index contributed by atoms with van der Waals surface area (Å²) in [5.74, 6) is 0.341. The Hall–Kier alpha value is -3.73. The van der Waals surface area contributed by atoms with Crippen molar-refractivity contribution in [2.75, 3.05) is 23.9 Å². The fourth-order valence-corrected chi connectivity index (χ4v) is 5.72. The number of nitrogens with zero attached hydrogens (tertiary/aromatic N) is 2. The van der Waals surface area contributed by atoms with Gasteiger partial charge in [-0.3, -0.25) is 19.8 Å². The van der Waals surface area contributed by atoms with E-state index in [-0.39, 0.29) is 18.4 Å². The number of rotatable bonds is 7. The summed E-state index contributed by atoms with van der Waals surface area (Å²) in [5, 5.41) is 3.28. The molecule has 0 radical (unpaired) electrons. The van der Waals surface area contributed by atoms with Gasteiger partial charge in [-0.2, -0.15) is 0 Å². The SMILES string of the molecule is COc1cc(/C=C2\SC(=S)N(c3ccccc3)C2=O)ccc1OCC(=O)Nc1nc2ccccc2s1. The van der Waals surface area contributed by atoms with Gasteiger partial charge in [0.05, 0.1) is 27.9 Å². The highest BCUT2D eigenvalue weighted by Gasteiger charge is 2.33. The van der Waals surface area contributed by atoms with Crippen molar-refractivity contribution in [3.8, 4) is 11.5 Å². The second-order valence-electron chi connectivity index (χ2n) is 7.59. The van der Waals surface area contributed by atoms with Crippen LogP contribution in [0.15, 0.2) is 77.7 Å². The van der Waals surface area contributed by atoms with Crippen LogP contribution in [-0.2, 0) is 9.59 Å². The third-order valence-electron chi connectivity index (χ3n) is 5.19. The Labute approximate surface area is 220 Å². The number of hydrogen-bond acceptors (Lipinski definition) is 8. The van der Waals surface area contributed by atoms with Gasteiger partial charge in [0, 0.05) is 0 Å². The van der Waals surface area contributed by atoms with Gasteiger partial charge in [-0.1, -0.05) is 71.7 Å². The number of fused-ring (bicyclic) bond motifs is 1. The zero-order valence-electron chi connectivity index (χ0n) is 19.0. The molecule has 2 heterocycles. The van der Waals surface area contributed by atoms with Crippen LogP contribution in [0.25, 0.3) is 16.3 Å². The van der Waals surface area contributed by atoms with Crippen LogP contribution in [0.4, 0.5) is 10.8 Å². The van der Waals surface area contributed by atoms with E-state index < -0.39 is 0 Å². The topological polar surface area (TPSA) is 80.8 Å². The molecule has 1 aromatic heterocycles. The average molecular weight is 534 g/mol. The van der Waals surface area contributed by atoms with Gasteiger partial charge in [0.25, 0.3) is 11.8 Å². The van der Waals surface area contributed by atoms with Crippen molar-refractivity contribution in [3.05, 3.63) is 83.3 Å².